The fourth-order valence-corrected chi connectivity index (χ4v) is 2.47. The Bertz CT molecular complexity index is 426. The van der Waals surface area contributed by atoms with Gasteiger partial charge in [0.25, 0.3) is 0 Å². The summed E-state index contributed by atoms with van der Waals surface area (Å²) in [4.78, 5) is 16.9. The molecule has 0 amide bonds. The van der Waals surface area contributed by atoms with Crippen molar-refractivity contribution in [3.8, 4) is 0 Å². The number of cyclic esters (lactones) is 1. The van der Waals surface area contributed by atoms with Crippen LogP contribution in [0.5, 0.6) is 0 Å². The molecule has 0 aromatic carbocycles. The van der Waals surface area contributed by atoms with Crippen molar-refractivity contribution in [1.29, 1.82) is 0 Å². The second-order valence-electron chi connectivity index (χ2n) is 6.57. The van der Waals surface area contributed by atoms with Crippen LogP contribution in [0.2, 0.25) is 0 Å². The number of aliphatic imine (C=N–C) groups is 1. The molecule has 0 saturated heterocycles. The Balaban J connectivity index is 2.37. The first kappa shape index (κ1) is 14.3. The van der Waals surface area contributed by atoms with E-state index >= 15 is 0 Å². The number of ether oxygens (including phenoxy) is 3. The zero-order chi connectivity index (χ0) is 14.5. The van der Waals surface area contributed by atoms with Crippen LogP contribution in [0.15, 0.2) is 4.99 Å². The summed E-state index contributed by atoms with van der Waals surface area (Å²) in [7, 11) is 3.20. The highest BCUT2D eigenvalue weighted by Crippen LogP contribution is 2.53. The predicted molar refractivity (Wildman–Crippen MR) is 71.1 cm³/mol. The van der Waals surface area contributed by atoms with Crippen LogP contribution in [-0.2, 0) is 19.0 Å². The molecule has 1 saturated carbocycles. The third-order valence-electron chi connectivity index (χ3n) is 4.42. The van der Waals surface area contributed by atoms with Gasteiger partial charge in [-0.15, -0.1) is 0 Å². The molecule has 3 atom stereocenters. The number of hydrogen-bond donors (Lipinski definition) is 0. The van der Waals surface area contributed by atoms with Gasteiger partial charge in [0, 0.05) is 18.4 Å². The number of rotatable bonds is 2. The first-order valence-corrected chi connectivity index (χ1v) is 6.58. The van der Waals surface area contributed by atoms with Gasteiger partial charge in [-0.25, -0.2) is 9.79 Å². The van der Waals surface area contributed by atoms with Crippen LogP contribution in [0, 0.1) is 11.3 Å². The summed E-state index contributed by atoms with van der Waals surface area (Å²) >= 11 is 0. The van der Waals surface area contributed by atoms with Gasteiger partial charge in [-0.05, 0) is 13.3 Å². The summed E-state index contributed by atoms with van der Waals surface area (Å²) < 4.78 is 16.3. The van der Waals surface area contributed by atoms with Crippen LogP contribution >= 0.6 is 0 Å². The molecular formula is C14H23NO4. The molecule has 0 aromatic rings. The summed E-state index contributed by atoms with van der Waals surface area (Å²) in [6.45, 7) is 8.39. The van der Waals surface area contributed by atoms with Crippen LogP contribution in [-0.4, -0.2) is 43.8 Å². The number of nitrogens with zero attached hydrogens (tertiary/aromatic N) is 1. The molecule has 0 radical (unpaired) electrons. The Hall–Kier alpha value is -1.10. The minimum Gasteiger partial charge on any atom is -0.481 e. The highest BCUT2D eigenvalue weighted by molar-refractivity contribution is 5.98. The van der Waals surface area contributed by atoms with Crippen molar-refractivity contribution < 1.29 is 19.0 Å². The molecule has 19 heavy (non-hydrogen) atoms. The molecule has 0 N–H and O–H groups in total. The molecule has 1 aliphatic carbocycles. The van der Waals surface area contributed by atoms with E-state index in [0.29, 0.717) is 18.9 Å². The van der Waals surface area contributed by atoms with E-state index in [2.05, 4.69) is 4.99 Å². The second kappa shape index (κ2) is 4.20. The molecular weight excluding hydrogens is 246 g/mol. The van der Waals surface area contributed by atoms with Crippen molar-refractivity contribution in [2.24, 2.45) is 16.3 Å². The van der Waals surface area contributed by atoms with E-state index in [0.717, 1.165) is 0 Å². The van der Waals surface area contributed by atoms with Gasteiger partial charge in [0.2, 0.25) is 5.90 Å². The highest BCUT2D eigenvalue weighted by Gasteiger charge is 2.67. The van der Waals surface area contributed by atoms with Gasteiger partial charge in [-0.2, -0.15) is 0 Å². The maximum absolute atomic E-state index is 12.3. The lowest BCUT2D eigenvalue weighted by molar-refractivity contribution is -0.168. The van der Waals surface area contributed by atoms with Gasteiger partial charge in [0.1, 0.15) is 0 Å². The van der Waals surface area contributed by atoms with Gasteiger partial charge in [-0.3, -0.25) is 0 Å². The minimum atomic E-state index is -0.829. The SMILES string of the molecule is COC[C@@H]1C[C@]12N=C(OC)[C@](C)(C(C)(C)C)OC2=O. The topological polar surface area (TPSA) is 57.1 Å². The van der Waals surface area contributed by atoms with Gasteiger partial charge < -0.3 is 14.2 Å². The fraction of sp³-hybridized carbons (Fsp3) is 0.857. The Morgan fingerprint density at radius 3 is 2.53 bits per heavy atom. The van der Waals surface area contributed by atoms with Crippen LogP contribution < -0.4 is 0 Å². The molecule has 1 aliphatic heterocycles. The van der Waals surface area contributed by atoms with Crippen molar-refractivity contribution >= 4 is 11.9 Å². The first-order chi connectivity index (χ1) is 8.71. The fourth-order valence-electron chi connectivity index (χ4n) is 2.47. The maximum atomic E-state index is 12.3. The molecule has 0 unspecified atom stereocenters. The normalized spacial score (nSPS) is 37.9. The molecule has 108 valence electrons. The number of carbonyl (C=O) groups excluding carboxylic acids is 1. The predicted octanol–water partition coefficient (Wildman–Crippen LogP) is 1.80. The van der Waals surface area contributed by atoms with Crippen molar-refractivity contribution in [2.45, 2.75) is 45.3 Å². The molecule has 0 bridgehead atoms. The second-order valence-corrected chi connectivity index (χ2v) is 6.57. The number of carbonyl (C=O) groups is 1. The van der Waals surface area contributed by atoms with E-state index < -0.39 is 11.1 Å². The van der Waals surface area contributed by atoms with Crippen LogP contribution in [0.25, 0.3) is 0 Å². The Kier molecular flexibility index (Phi) is 3.16. The van der Waals surface area contributed by atoms with Crippen molar-refractivity contribution in [3.63, 3.8) is 0 Å². The largest absolute Gasteiger partial charge is 0.481 e. The van der Waals surface area contributed by atoms with Crippen LogP contribution in [0.3, 0.4) is 0 Å². The lowest BCUT2D eigenvalue weighted by atomic mass is 9.76. The summed E-state index contributed by atoms with van der Waals surface area (Å²) in [6, 6.07) is 0. The number of esters is 1. The summed E-state index contributed by atoms with van der Waals surface area (Å²) in [5.41, 5.74) is -1.89. The molecule has 0 aromatic heterocycles. The zero-order valence-electron chi connectivity index (χ0n) is 12.6. The average molecular weight is 269 g/mol. The summed E-state index contributed by atoms with van der Waals surface area (Å²) in [6.07, 6.45) is 0.673. The van der Waals surface area contributed by atoms with E-state index in [1.54, 1.807) is 14.2 Å². The van der Waals surface area contributed by atoms with Crippen LogP contribution in [0.4, 0.5) is 0 Å². The standard InChI is InChI=1S/C14H23NO4/c1-12(2,3)13(4)10(18-6)15-14(11(16)19-13)7-9(14)8-17-5/h9H,7-8H2,1-6H3/t9-,13+,14-/m0/s1. The third kappa shape index (κ3) is 1.95. The van der Waals surface area contributed by atoms with Gasteiger partial charge in [0.15, 0.2) is 11.1 Å². The monoisotopic (exact) mass is 269 g/mol. The average Bonchev–Trinajstić information content (AvgIpc) is 2.98. The minimum absolute atomic E-state index is 0.0969. The highest BCUT2D eigenvalue weighted by atomic mass is 16.6. The van der Waals surface area contributed by atoms with Crippen LogP contribution in [0.1, 0.15) is 34.1 Å². The lowest BCUT2D eigenvalue weighted by Crippen LogP contribution is -2.57. The summed E-state index contributed by atoms with van der Waals surface area (Å²) in [5, 5.41) is 0. The van der Waals surface area contributed by atoms with E-state index in [-0.39, 0.29) is 17.3 Å². The van der Waals surface area contributed by atoms with E-state index in [1.165, 1.54) is 0 Å². The Morgan fingerprint density at radius 1 is 1.42 bits per heavy atom. The molecule has 1 spiro atoms. The first-order valence-electron chi connectivity index (χ1n) is 6.58. The van der Waals surface area contributed by atoms with Gasteiger partial charge >= 0.3 is 5.97 Å². The maximum Gasteiger partial charge on any atom is 0.335 e. The van der Waals surface area contributed by atoms with Gasteiger partial charge in [0.05, 0.1) is 13.7 Å². The van der Waals surface area contributed by atoms with Crippen molar-refractivity contribution in [3.05, 3.63) is 0 Å². The molecule has 2 aliphatic rings. The molecule has 5 heteroatoms. The summed E-state index contributed by atoms with van der Waals surface area (Å²) in [5.74, 6) is 0.339. The number of hydrogen-bond acceptors (Lipinski definition) is 5. The van der Waals surface area contributed by atoms with Crippen molar-refractivity contribution in [2.75, 3.05) is 20.8 Å². The van der Waals surface area contributed by atoms with E-state index in [1.807, 2.05) is 27.7 Å². The van der Waals surface area contributed by atoms with E-state index in [9.17, 15) is 4.79 Å². The quantitative estimate of drug-likeness (QED) is 0.717. The molecule has 1 fully saturated rings. The third-order valence-corrected chi connectivity index (χ3v) is 4.42. The molecule has 1 heterocycles. The van der Waals surface area contributed by atoms with E-state index in [4.69, 9.17) is 14.2 Å². The smallest absolute Gasteiger partial charge is 0.335 e. The lowest BCUT2D eigenvalue weighted by Gasteiger charge is -2.44. The Labute approximate surface area is 114 Å². The molecule has 2 rings (SSSR count). The Morgan fingerprint density at radius 2 is 2.05 bits per heavy atom. The van der Waals surface area contributed by atoms with Crippen molar-refractivity contribution in [1.82, 2.24) is 0 Å². The molecule has 5 nitrogen and oxygen atoms in total. The zero-order valence-corrected chi connectivity index (χ0v) is 12.6. The van der Waals surface area contributed by atoms with Gasteiger partial charge in [-0.1, -0.05) is 20.8 Å². The number of methoxy groups -OCH3 is 2.